The van der Waals surface area contributed by atoms with Crippen molar-refractivity contribution in [1.29, 1.82) is 0 Å². The molecule has 0 spiro atoms. The van der Waals surface area contributed by atoms with E-state index in [1.54, 1.807) is 0 Å². The van der Waals surface area contributed by atoms with Crippen LogP contribution < -0.4 is 0 Å². The summed E-state index contributed by atoms with van der Waals surface area (Å²) in [6.45, 7) is 4.55. The lowest BCUT2D eigenvalue weighted by Gasteiger charge is -2.15. The van der Waals surface area contributed by atoms with Gasteiger partial charge in [0.05, 0.1) is 11.0 Å². The number of carbonyl (C=O) groups is 1. The summed E-state index contributed by atoms with van der Waals surface area (Å²) in [5.74, 6) is 1.52. The van der Waals surface area contributed by atoms with Crippen molar-refractivity contribution < 1.29 is 4.79 Å². The first-order valence-corrected chi connectivity index (χ1v) is 9.53. The molecular weight excluding hydrogens is 322 g/mol. The highest BCUT2D eigenvalue weighted by Crippen LogP contribution is 2.30. The van der Waals surface area contributed by atoms with Gasteiger partial charge in [0.25, 0.3) is 0 Å². The zero-order valence-corrected chi connectivity index (χ0v) is 15.3. The third-order valence-electron chi connectivity index (χ3n) is 5.34. The molecule has 0 N–H and O–H groups in total. The Bertz CT molecular complexity index is 900. The Hall–Kier alpha value is -2.62. The van der Waals surface area contributed by atoms with Gasteiger partial charge in [0, 0.05) is 32.0 Å². The van der Waals surface area contributed by atoms with Crippen LogP contribution in [0.15, 0.2) is 54.6 Å². The maximum atomic E-state index is 12.2. The van der Waals surface area contributed by atoms with E-state index in [0.717, 1.165) is 43.8 Å². The van der Waals surface area contributed by atoms with Crippen LogP contribution in [0.25, 0.3) is 11.0 Å². The molecule has 2 aromatic carbocycles. The first-order chi connectivity index (χ1) is 12.8. The Labute approximate surface area is 154 Å². The third-order valence-corrected chi connectivity index (χ3v) is 5.34. The van der Waals surface area contributed by atoms with Crippen molar-refractivity contribution in [3.63, 3.8) is 0 Å². The van der Waals surface area contributed by atoms with E-state index < -0.39 is 0 Å². The molecule has 26 heavy (non-hydrogen) atoms. The normalized spacial score (nSPS) is 17.3. The number of imidazole rings is 1. The minimum Gasteiger partial charge on any atom is -0.342 e. The molecule has 0 radical (unpaired) electrons. The monoisotopic (exact) mass is 347 g/mol. The lowest BCUT2D eigenvalue weighted by atomic mass is 10.1. The molecule has 1 aromatic heterocycles. The number of rotatable bonds is 6. The van der Waals surface area contributed by atoms with E-state index in [2.05, 4.69) is 53.1 Å². The molecule has 1 saturated heterocycles. The van der Waals surface area contributed by atoms with Gasteiger partial charge < -0.3 is 9.47 Å². The van der Waals surface area contributed by atoms with Crippen LogP contribution >= 0.6 is 0 Å². The number of fused-ring (bicyclic) bond motifs is 1. The number of amides is 1. The second-order valence-corrected chi connectivity index (χ2v) is 7.03. The van der Waals surface area contributed by atoms with Crippen LogP contribution in [0.4, 0.5) is 0 Å². The van der Waals surface area contributed by atoms with Crippen LogP contribution in [-0.4, -0.2) is 33.4 Å². The number of likely N-dealkylation sites (tertiary alicyclic amines) is 1. The van der Waals surface area contributed by atoms with E-state index in [1.165, 1.54) is 11.1 Å². The van der Waals surface area contributed by atoms with Gasteiger partial charge in [-0.2, -0.15) is 0 Å². The summed E-state index contributed by atoms with van der Waals surface area (Å²) in [5.41, 5.74) is 3.58. The summed E-state index contributed by atoms with van der Waals surface area (Å²) < 4.78 is 2.34. The smallest absolute Gasteiger partial charge is 0.223 e. The van der Waals surface area contributed by atoms with Gasteiger partial charge in [-0.25, -0.2) is 4.98 Å². The molecule has 0 bridgehead atoms. The van der Waals surface area contributed by atoms with E-state index in [9.17, 15) is 4.79 Å². The second kappa shape index (κ2) is 7.32. The SMILES string of the molecule is CCN1CC(c2nc3ccccc3n2CCCc2ccccc2)CC1=O. The van der Waals surface area contributed by atoms with E-state index in [1.807, 2.05) is 17.9 Å². The van der Waals surface area contributed by atoms with Crippen molar-refractivity contribution >= 4 is 16.9 Å². The molecule has 1 aliphatic rings. The molecule has 1 amide bonds. The molecule has 1 aliphatic heterocycles. The van der Waals surface area contributed by atoms with Gasteiger partial charge in [-0.05, 0) is 37.5 Å². The Morgan fingerprint density at radius 2 is 1.85 bits per heavy atom. The quantitative estimate of drug-likeness (QED) is 0.676. The number of benzene rings is 2. The van der Waals surface area contributed by atoms with Crippen molar-refractivity contribution in [2.24, 2.45) is 0 Å². The molecule has 134 valence electrons. The summed E-state index contributed by atoms with van der Waals surface area (Å²) in [6.07, 6.45) is 2.70. The van der Waals surface area contributed by atoms with Crippen LogP contribution in [0.5, 0.6) is 0 Å². The minimum atomic E-state index is 0.201. The van der Waals surface area contributed by atoms with Crippen molar-refractivity contribution in [3.8, 4) is 0 Å². The Morgan fingerprint density at radius 3 is 2.62 bits per heavy atom. The Kier molecular flexibility index (Phi) is 4.74. The van der Waals surface area contributed by atoms with E-state index >= 15 is 0 Å². The topological polar surface area (TPSA) is 38.1 Å². The second-order valence-electron chi connectivity index (χ2n) is 7.03. The maximum Gasteiger partial charge on any atom is 0.223 e. The van der Waals surface area contributed by atoms with Crippen LogP contribution in [0.1, 0.15) is 37.1 Å². The fraction of sp³-hybridized carbons (Fsp3) is 0.364. The molecule has 0 aliphatic carbocycles. The molecule has 1 atom stereocenters. The summed E-state index contributed by atoms with van der Waals surface area (Å²) in [7, 11) is 0. The number of hydrogen-bond donors (Lipinski definition) is 0. The third kappa shape index (κ3) is 3.24. The average molecular weight is 347 g/mol. The highest BCUT2D eigenvalue weighted by molar-refractivity contribution is 5.80. The van der Waals surface area contributed by atoms with Gasteiger partial charge in [-0.15, -0.1) is 0 Å². The van der Waals surface area contributed by atoms with Gasteiger partial charge in [0.1, 0.15) is 5.82 Å². The molecule has 1 fully saturated rings. The van der Waals surface area contributed by atoms with Gasteiger partial charge in [-0.3, -0.25) is 4.79 Å². The molecule has 2 heterocycles. The summed E-state index contributed by atoms with van der Waals surface area (Å²) in [4.78, 5) is 19.1. The predicted octanol–water partition coefficient (Wildman–Crippen LogP) is 4.00. The Morgan fingerprint density at radius 1 is 1.08 bits per heavy atom. The van der Waals surface area contributed by atoms with Gasteiger partial charge in [-0.1, -0.05) is 42.5 Å². The highest BCUT2D eigenvalue weighted by atomic mass is 16.2. The largest absolute Gasteiger partial charge is 0.342 e. The fourth-order valence-corrected chi connectivity index (χ4v) is 3.98. The number of aryl methyl sites for hydroxylation is 2. The van der Waals surface area contributed by atoms with Gasteiger partial charge in [0.15, 0.2) is 0 Å². The first-order valence-electron chi connectivity index (χ1n) is 9.53. The molecule has 3 aromatic rings. The van der Waals surface area contributed by atoms with Crippen molar-refractivity contribution in [1.82, 2.24) is 14.5 Å². The summed E-state index contributed by atoms with van der Waals surface area (Å²) in [6, 6.07) is 18.9. The number of hydrogen-bond acceptors (Lipinski definition) is 2. The predicted molar refractivity (Wildman–Crippen MR) is 104 cm³/mol. The number of para-hydroxylation sites is 2. The van der Waals surface area contributed by atoms with Crippen LogP contribution in [0.3, 0.4) is 0 Å². The van der Waals surface area contributed by atoms with Gasteiger partial charge in [0.2, 0.25) is 5.91 Å². The summed E-state index contributed by atoms with van der Waals surface area (Å²) >= 11 is 0. The fourth-order valence-electron chi connectivity index (χ4n) is 3.98. The zero-order chi connectivity index (χ0) is 17.9. The molecule has 0 saturated carbocycles. The molecule has 4 heteroatoms. The number of nitrogens with zero attached hydrogens (tertiary/aromatic N) is 3. The first kappa shape index (κ1) is 16.8. The zero-order valence-electron chi connectivity index (χ0n) is 15.3. The van der Waals surface area contributed by atoms with E-state index in [-0.39, 0.29) is 11.8 Å². The highest BCUT2D eigenvalue weighted by Gasteiger charge is 2.32. The van der Waals surface area contributed by atoms with Crippen molar-refractivity contribution in [3.05, 3.63) is 66.0 Å². The van der Waals surface area contributed by atoms with E-state index in [4.69, 9.17) is 4.98 Å². The van der Waals surface area contributed by atoms with Crippen LogP contribution in [0, 0.1) is 0 Å². The van der Waals surface area contributed by atoms with Crippen molar-refractivity contribution in [2.75, 3.05) is 13.1 Å². The van der Waals surface area contributed by atoms with Gasteiger partial charge >= 0.3 is 0 Å². The summed E-state index contributed by atoms with van der Waals surface area (Å²) in [5, 5.41) is 0. The number of likely N-dealkylation sites (N-methyl/N-ethyl adjacent to an activating group) is 1. The average Bonchev–Trinajstić information content (AvgIpc) is 3.23. The number of aromatic nitrogens is 2. The molecule has 4 rings (SSSR count). The minimum absolute atomic E-state index is 0.201. The molecular formula is C22H25N3O. The lowest BCUT2D eigenvalue weighted by Crippen LogP contribution is -2.24. The van der Waals surface area contributed by atoms with Crippen molar-refractivity contribution in [2.45, 2.75) is 38.6 Å². The van der Waals surface area contributed by atoms with E-state index in [0.29, 0.717) is 6.42 Å². The molecule has 4 nitrogen and oxygen atoms in total. The number of carbonyl (C=O) groups excluding carboxylic acids is 1. The molecule has 1 unspecified atom stereocenters. The lowest BCUT2D eigenvalue weighted by molar-refractivity contribution is -0.127. The van der Waals surface area contributed by atoms with Crippen LogP contribution in [0.2, 0.25) is 0 Å². The maximum absolute atomic E-state index is 12.2. The standard InChI is InChI=1S/C22H25N3O/c1-2-24-16-18(15-21(24)26)22-23-19-12-6-7-13-20(19)25(22)14-8-11-17-9-4-3-5-10-17/h3-7,9-10,12-13,18H,2,8,11,14-16H2,1H3. The Balaban J connectivity index is 1.59. The van der Waals surface area contributed by atoms with Crippen LogP contribution in [-0.2, 0) is 17.8 Å².